The summed E-state index contributed by atoms with van der Waals surface area (Å²) >= 11 is 0. The van der Waals surface area contributed by atoms with Crippen LogP contribution >= 0.6 is 0 Å². The Labute approximate surface area is 186 Å². The van der Waals surface area contributed by atoms with E-state index in [1.807, 2.05) is 0 Å². The first-order chi connectivity index (χ1) is 14.9. The van der Waals surface area contributed by atoms with Crippen molar-refractivity contribution in [3.63, 3.8) is 0 Å². The van der Waals surface area contributed by atoms with Gasteiger partial charge in [0.05, 0.1) is 16.1 Å². The van der Waals surface area contributed by atoms with Crippen molar-refractivity contribution in [2.45, 2.75) is 49.3 Å². The number of hydrogen-bond donors (Lipinski definition) is 2. The Kier molecular flexibility index (Phi) is 7.02. The van der Waals surface area contributed by atoms with Gasteiger partial charge in [-0.05, 0) is 50.5 Å². The van der Waals surface area contributed by atoms with E-state index in [0.717, 1.165) is 12.1 Å². The molecular weight excluding hydrogens is 440 g/mol. The fourth-order valence-electron chi connectivity index (χ4n) is 4.05. The molecule has 1 saturated heterocycles. The summed E-state index contributed by atoms with van der Waals surface area (Å²) in [5.41, 5.74) is -0.932. The van der Waals surface area contributed by atoms with Crippen molar-refractivity contribution in [2.75, 3.05) is 13.2 Å². The molecule has 1 fully saturated rings. The van der Waals surface area contributed by atoms with E-state index in [1.165, 1.54) is 13.8 Å². The lowest BCUT2D eigenvalue weighted by Crippen LogP contribution is -2.53. The van der Waals surface area contributed by atoms with Crippen molar-refractivity contribution in [1.82, 2.24) is 5.32 Å². The molecule has 1 unspecified atom stereocenters. The minimum atomic E-state index is -3.69. The zero-order valence-electron chi connectivity index (χ0n) is 18.1. The van der Waals surface area contributed by atoms with E-state index >= 15 is 0 Å². The monoisotopic (exact) mass is 467 g/mol. The molecule has 2 N–H and O–H groups in total. The van der Waals surface area contributed by atoms with Gasteiger partial charge in [-0.1, -0.05) is 30.3 Å². The van der Waals surface area contributed by atoms with Gasteiger partial charge in [-0.2, -0.15) is 0 Å². The SMILES string of the molecule is C[C@@H]1NC[C@@H](c2ccccc2)S(=O)(=O)C1Cc1cc(F)c(C(C)(C)OCC(=O)O)cc1F. The van der Waals surface area contributed by atoms with Crippen LogP contribution < -0.4 is 5.32 Å². The number of carboxylic acids is 1. The standard InChI is InChI=1S/C23H27F2NO5S/c1-14-20(32(29,30)21(12-26-14)15-7-5-4-6-8-15)10-16-9-19(25)17(11-18(16)24)23(2,3)31-13-22(27)28/h4-9,11,14,20-21,26H,10,12-13H2,1-3H3,(H,27,28)/t14-,20?,21-/m0/s1. The lowest BCUT2D eigenvalue weighted by atomic mass is 9.94. The predicted molar refractivity (Wildman–Crippen MR) is 116 cm³/mol. The van der Waals surface area contributed by atoms with Crippen LogP contribution in [0, 0.1) is 11.6 Å². The molecule has 0 radical (unpaired) electrons. The van der Waals surface area contributed by atoms with E-state index in [4.69, 9.17) is 9.84 Å². The van der Waals surface area contributed by atoms with E-state index in [9.17, 15) is 22.0 Å². The van der Waals surface area contributed by atoms with Gasteiger partial charge in [-0.3, -0.25) is 0 Å². The third-order valence-corrected chi connectivity index (χ3v) is 8.59. The Bertz CT molecular complexity index is 1090. The van der Waals surface area contributed by atoms with Crippen molar-refractivity contribution < 1.29 is 31.8 Å². The van der Waals surface area contributed by atoms with Crippen molar-refractivity contribution in [1.29, 1.82) is 0 Å². The van der Waals surface area contributed by atoms with Crippen LogP contribution in [0.25, 0.3) is 0 Å². The van der Waals surface area contributed by atoms with Crippen LogP contribution in [-0.2, 0) is 31.4 Å². The molecule has 9 heteroatoms. The number of rotatable bonds is 7. The Morgan fingerprint density at radius 1 is 1.19 bits per heavy atom. The molecular formula is C23H27F2NO5S. The lowest BCUT2D eigenvalue weighted by Gasteiger charge is -2.36. The number of carboxylic acid groups (broad SMARTS) is 1. The average molecular weight is 468 g/mol. The molecule has 2 aromatic rings. The Morgan fingerprint density at radius 2 is 1.84 bits per heavy atom. The van der Waals surface area contributed by atoms with E-state index in [1.54, 1.807) is 37.3 Å². The molecule has 2 aromatic carbocycles. The number of ether oxygens (including phenoxy) is 1. The van der Waals surface area contributed by atoms with Crippen LogP contribution in [0.1, 0.15) is 42.7 Å². The number of halogens is 2. The normalized spacial score (nSPS) is 23.1. The van der Waals surface area contributed by atoms with E-state index in [0.29, 0.717) is 5.56 Å². The number of nitrogens with one attached hydrogen (secondary N) is 1. The molecule has 0 aliphatic carbocycles. The summed E-state index contributed by atoms with van der Waals surface area (Å²) in [7, 11) is -3.69. The van der Waals surface area contributed by atoms with Crippen molar-refractivity contribution in [2.24, 2.45) is 0 Å². The molecule has 174 valence electrons. The molecule has 0 saturated carbocycles. The second-order valence-electron chi connectivity index (χ2n) is 8.54. The molecule has 0 bridgehead atoms. The predicted octanol–water partition coefficient (Wildman–Crippen LogP) is 3.36. The number of aliphatic carboxylic acids is 1. The van der Waals surface area contributed by atoms with Gasteiger partial charge in [-0.15, -0.1) is 0 Å². The number of benzene rings is 2. The minimum absolute atomic E-state index is 0.0591. The summed E-state index contributed by atoms with van der Waals surface area (Å²) in [6.07, 6.45) is -0.195. The highest BCUT2D eigenvalue weighted by molar-refractivity contribution is 7.92. The van der Waals surface area contributed by atoms with E-state index < -0.39 is 56.2 Å². The first-order valence-corrected chi connectivity index (χ1v) is 11.9. The molecule has 6 nitrogen and oxygen atoms in total. The molecule has 0 amide bonds. The van der Waals surface area contributed by atoms with Gasteiger partial charge in [0.15, 0.2) is 9.84 Å². The van der Waals surface area contributed by atoms with Gasteiger partial charge in [0.25, 0.3) is 0 Å². The Balaban J connectivity index is 1.90. The van der Waals surface area contributed by atoms with Crippen LogP contribution in [-0.4, -0.2) is 43.9 Å². The van der Waals surface area contributed by atoms with Crippen LogP contribution in [0.2, 0.25) is 0 Å². The van der Waals surface area contributed by atoms with E-state index in [-0.39, 0.29) is 24.1 Å². The highest BCUT2D eigenvalue weighted by Gasteiger charge is 2.43. The topological polar surface area (TPSA) is 92.7 Å². The molecule has 3 rings (SSSR count). The summed E-state index contributed by atoms with van der Waals surface area (Å²) in [6, 6.07) is 10.3. The first kappa shape index (κ1) is 24.3. The number of sulfone groups is 1. The maximum absolute atomic E-state index is 15.0. The van der Waals surface area contributed by atoms with Crippen LogP contribution in [0.15, 0.2) is 42.5 Å². The third-order valence-electron chi connectivity index (χ3n) is 5.94. The molecule has 0 aromatic heterocycles. The molecule has 3 atom stereocenters. The van der Waals surface area contributed by atoms with E-state index in [2.05, 4.69) is 5.32 Å². The van der Waals surface area contributed by atoms with Gasteiger partial charge < -0.3 is 15.2 Å². The summed E-state index contributed by atoms with van der Waals surface area (Å²) in [5, 5.41) is 10.3. The molecule has 1 aliphatic heterocycles. The summed E-state index contributed by atoms with van der Waals surface area (Å²) in [6.45, 7) is 4.18. The Morgan fingerprint density at radius 3 is 2.47 bits per heavy atom. The second kappa shape index (κ2) is 9.25. The highest BCUT2D eigenvalue weighted by Crippen LogP contribution is 2.34. The highest BCUT2D eigenvalue weighted by atomic mass is 32.2. The smallest absolute Gasteiger partial charge is 0.329 e. The van der Waals surface area contributed by atoms with Crippen molar-refractivity contribution in [3.05, 3.63) is 70.8 Å². The fourth-order valence-corrected chi connectivity index (χ4v) is 6.41. The molecule has 1 aliphatic rings. The average Bonchev–Trinajstić information content (AvgIpc) is 2.72. The zero-order chi connectivity index (χ0) is 23.7. The van der Waals surface area contributed by atoms with Gasteiger partial charge in [-0.25, -0.2) is 22.0 Å². The zero-order valence-corrected chi connectivity index (χ0v) is 19.0. The quantitative estimate of drug-likeness (QED) is 0.649. The lowest BCUT2D eigenvalue weighted by molar-refractivity contribution is -0.148. The summed E-state index contributed by atoms with van der Waals surface area (Å²) in [5.74, 6) is -2.78. The maximum atomic E-state index is 15.0. The van der Waals surface area contributed by atoms with Gasteiger partial charge in [0.2, 0.25) is 0 Å². The van der Waals surface area contributed by atoms with Gasteiger partial charge in [0, 0.05) is 18.2 Å². The Hall–Kier alpha value is -2.36. The minimum Gasteiger partial charge on any atom is -0.480 e. The fraction of sp³-hybridized carbons (Fsp3) is 0.435. The van der Waals surface area contributed by atoms with Gasteiger partial charge >= 0.3 is 5.97 Å². The van der Waals surface area contributed by atoms with Gasteiger partial charge in [0.1, 0.15) is 18.2 Å². The van der Waals surface area contributed by atoms with Crippen molar-refractivity contribution in [3.8, 4) is 0 Å². The number of hydrogen-bond acceptors (Lipinski definition) is 5. The van der Waals surface area contributed by atoms with Crippen molar-refractivity contribution >= 4 is 15.8 Å². The third kappa shape index (κ3) is 5.00. The van der Waals surface area contributed by atoms with Crippen LogP contribution in [0.4, 0.5) is 8.78 Å². The molecule has 0 spiro atoms. The second-order valence-corrected chi connectivity index (χ2v) is 10.9. The first-order valence-electron chi connectivity index (χ1n) is 10.3. The maximum Gasteiger partial charge on any atom is 0.329 e. The summed E-state index contributed by atoms with van der Waals surface area (Å²) < 4.78 is 61.8. The molecule has 1 heterocycles. The van der Waals surface area contributed by atoms with Crippen LogP contribution in [0.5, 0.6) is 0 Å². The summed E-state index contributed by atoms with van der Waals surface area (Å²) in [4.78, 5) is 10.8. The largest absolute Gasteiger partial charge is 0.480 e. The number of carbonyl (C=O) groups is 1. The molecule has 32 heavy (non-hydrogen) atoms. The van der Waals surface area contributed by atoms with Crippen LogP contribution in [0.3, 0.4) is 0 Å².